The molecule has 6 heteroatoms. The molecule has 1 saturated heterocycles. The van der Waals surface area contributed by atoms with Gasteiger partial charge in [-0.3, -0.25) is 0 Å². The zero-order valence-corrected chi connectivity index (χ0v) is 13.8. The number of hydrogen-bond donors (Lipinski definition) is 2. The fraction of sp³-hybridized carbons (Fsp3) is 0.600. The Morgan fingerprint density at radius 3 is 2.76 bits per heavy atom. The fourth-order valence-corrected chi connectivity index (χ4v) is 4.34. The smallest absolute Gasteiger partial charge is 0.240 e. The minimum Gasteiger partial charge on any atom is -0.399 e. The summed E-state index contributed by atoms with van der Waals surface area (Å²) in [5, 5.41) is 0. The Bertz CT molecular complexity index is 614. The van der Waals surface area contributed by atoms with Crippen molar-refractivity contribution in [2.24, 2.45) is 5.92 Å². The molecule has 1 fully saturated rings. The third kappa shape index (κ3) is 3.96. The molecule has 1 atom stereocenters. The van der Waals surface area contributed by atoms with Gasteiger partial charge in [0.1, 0.15) is 0 Å². The van der Waals surface area contributed by atoms with Gasteiger partial charge in [0, 0.05) is 18.8 Å². The van der Waals surface area contributed by atoms with Gasteiger partial charge in [-0.2, -0.15) is 0 Å². The summed E-state index contributed by atoms with van der Waals surface area (Å²) in [6.45, 7) is 6.22. The summed E-state index contributed by atoms with van der Waals surface area (Å²) in [5.41, 5.74) is 7.92. The number of benzene rings is 1. The maximum absolute atomic E-state index is 12.5. The van der Waals surface area contributed by atoms with Crippen molar-refractivity contribution in [2.75, 3.05) is 32.4 Å². The molecule has 118 valence electrons. The van der Waals surface area contributed by atoms with Crippen molar-refractivity contribution in [1.29, 1.82) is 0 Å². The van der Waals surface area contributed by atoms with Crippen LogP contribution in [-0.4, -0.2) is 40.0 Å². The number of nitrogen functional groups attached to an aromatic ring is 1. The second kappa shape index (κ2) is 6.34. The van der Waals surface area contributed by atoms with Crippen molar-refractivity contribution in [1.82, 2.24) is 9.62 Å². The van der Waals surface area contributed by atoms with Crippen LogP contribution in [0.3, 0.4) is 0 Å². The van der Waals surface area contributed by atoms with E-state index in [2.05, 4.69) is 16.7 Å². The molecule has 0 saturated carbocycles. The summed E-state index contributed by atoms with van der Waals surface area (Å²) in [7, 11) is -1.43. The van der Waals surface area contributed by atoms with E-state index in [4.69, 9.17) is 5.73 Å². The van der Waals surface area contributed by atoms with Gasteiger partial charge >= 0.3 is 0 Å². The molecule has 1 heterocycles. The molecule has 0 aliphatic carbocycles. The van der Waals surface area contributed by atoms with E-state index in [9.17, 15) is 8.42 Å². The van der Waals surface area contributed by atoms with Gasteiger partial charge < -0.3 is 10.6 Å². The molecule has 3 N–H and O–H groups in total. The highest BCUT2D eigenvalue weighted by Gasteiger charge is 2.22. The van der Waals surface area contributed by atoms with Crippen molar-refractivity contribution >= 4 is 15.7 Å². The summed E-state index contributed by atoms with van der Waals surface area (Å²) < 4.78 is 27.8. The molecule has 1 unspecified atom stereocenters. The summed E-state index contributed by atoms with van der Waals surface area (Å²) in [4.78, 5) is 2.54. The van der Waals surface area contributed by atoms with Gasteiger partial charge in [-0.1, -0.05) is 0 Å². The minimum atomic E-state index is -3.50. The fourth-order valence-electron chi connectivity index (χ4n) is 2.88. The first-order chi connectivity index (χ1) is 9.79. The molecule has 5 nitrogen and oxygen atoms in total. The highest BCUT2D eigenvalue weighted by molar-refractivity contribution is 7.89. The summed E-state index contributed by atoms with van der Waals surface area (Å²) >= 11 is 0. The van der Waals surface area contributed by atoms with Crippen LogP contribution >= 0.6 is 0 Å². The number of rotatable bonds is 4. The molecule has 1 aliphatic heterocycles. The van der Waals surface area contributed by atoms with Crippen LogP contribution in [0.5, 0.6) is 0 Å². The first kappa shape index (κ1) is 16.3. The number of nitrogens with one attached hydrogen (secondary N) is 1. The van der Waals surface area contributed by atoms with Crippen LogP contribution in [0.4, 0.5) is 5.69 Å². The Morgan fingerprint density at radius 1 is 1.38 bits per heavy atom. The lowest BCUT2D eigenvalue weighted by Gasteiger charge is -2.29. The highest BCUT2D eigenvalue weighted by Crippen LogP contribution is 2.23. The molecule has 1 aromatic rings. The number of hydrogen-bond acceptors (Lipinski definition) is 4. The maximum atomic E-state index is 12.5. The average Bonchev–Trinajstić information content (AvgIpc) is 2.41. The number of anilines is 1. The summed E-state index contributed by atoms with van der Waals surface area (Å²) in [6, 6.07) is 3.34. The number of sulfonamides is 1. The van der Waals surface area contributed by atoms with Crippen molar-refractivity contribution in [3.8, 4) is 0 Å². The predicted octanol–water partition coefficient (Wildman–Crippen LogP) is 1.51. The van der Waals surface area contributed by atoms with Gasteiger partial charge in [0.15, 0.2) is 0 Å². The van der Waals surface area contributed by atoms with Crippen molar-refractivity contribution < 1.29 is 8.42 Å². The third-order valence-electron chi connectivity index (χ3n) is 4.22. The standard InChI is InChI=1S/C15H25N3O2S/c1-11-7-14(16)8-15(12(11)2)21(19,20)17-9-13-5-4-6-18(3)10-13/h7-8,13,17H,4-6,9-10,16H2,1-3H3. The molecule has 0 bridgehead atoms. The Morgan fingerprint density at radius 2 is 2.10 bits per heavy atom. The van der Waals surface area contributed by atoms with Crippen LogP contribution in [0.2, 0.25) is 0 Å². The molecule has 21 heavy (non-hydrogen) atoms. The third-order valence-corrected chi connectivity index (χ3v) is 5.77. The zero-order chi connectivity index (χ0) is 15.6. The first-order valence-corrected chi connectivity index (χ1v) is 8.83. The maximum Gasteiger partial charge on any atom is 0.240 e. The molecule has 1 aromatic carbocycles. The highest BCUT2D eigenvalue weighted by atomic mass is 32.2. The Labute approximate surface area is 127 Å². The first-order valence-electron chi connectivity index (χ1n) is 7.34. The van der Waals surface area contributed by atoms with Crippen LogP contribution in [0.25, 0.3) is 0 Å². The van der Waals surface area contributed by atoms with Crippen molar-refractivity contribution in [3.63, 3.8) is 0 Å². The number of nitrogens with two attached hydrogens (primary N) is 1. The van der Waals surface area contributed by atoms with E-state index in [0.717, 1.165) is 37.1 Å². The number of nitrogens with zero attached hydrogens (tertiary/aromatic N) is 1. The van der Waals surface area contributed by atoms with Gasteiger partial charge in [-0.05, 0) is 69.5 Å². The van der Waals surface area contributed by atoms with Gasteiger partial charge in [0.05, 0.1) is 4.90 Å². The Balaban J connectivity index is 2.12. The van der Waals surface area contributed by atoms with E-state index in [-0.39, 0.29) is 0 Å². The quantitative estimate of drug-likeness (QED) is 0.827. The lowest BCUT2D eigenvalue weighted by atomic mass is 9.99. The minimum absolute atomic E-state index is 0.296. The zero-order valence-electron chi connectivity index (χ0n) is 13.0. The molecular weight excluding hydrogens is 286 g/mol. The number of aryl methyl sites for hydroxylation is 1. The van der Waals surface area contributed by atoms with Crippen LogP contribution in [-0.2, 0) is 10.0 Å². The van der Waals surface area contributed by atoms with Crippen molar-refractivity contribution in [3.05, 3.63) is 23.3 Å². The average molecular weight is 311 g/mol. The molecule has 0 spiro atoms. The molecule has 0 aromatic heterocycles. The molecule has 0 amide bonds. The largest absolute Gasteiger partial charge is 0.399 e. The lowest BCUT2D eigenvalue weighted by molar-refractivity contribution is 0.211. The second-order valence-electron chi connectivity index (χ2n) is 6.08. The summed E-state index contributed by atoms with van der Waals surface area (Å²) in [6.07, 6.45) is 2.20. The van der Waals surface area contributed by atoms with Gasteiger partial charge in [0.25, 0.3) is 0 Å². The monoisotopic (exact) mass is 311 g/mol. The van der Waals surface area contributed by atoms with Gasteiger partial charge in [-0.25, -0.2) is 13.1 Å². The summed E-state index contributed by atoms with van der Waals surface area (Å²) in [5.74, 6) is 0.376. The normalized spacial score (nSPS) is 20.6. The van der Waals surface area contributed by atoms with Crippen LogP contribution < -0.4 is 10.5 Å². The molecular formula is C15H25N3O2S. The van der Waals surface area contributed by atoms with E-state index in [1.165, 1.54) is 6.07 Å². The van der Waals surface area contributed by atoms with Crippen LogP contribution in [0.1, 0.15) is 24.0 Å². The molecule has 2 rings (SSSR count). The van der Waals surface area contributed by atoms with E-state index in [1.54, 1.807) is 6.07 Å². The molecule has 1 aliphatic rings. The van der Waals surface area contributed by atoms with Gasteiger partial charge in [0.2, 0.25) is 10.0 Å². The van der Waals surface area contributed by atoms with Crippen molar-refractivity contribution in [2.45, 2.75) is 31.6 Å². The van der Waals surface area contributed by atoms with E-state index < -0.39 is 10.0 Å². The van der Waals surface area contributed by atoms with E-state index >= 15 is 0 Å². The van der Waals surface area contributed by atoms with Crippen LogP contribution in [0.15, 0.2) is 17.0 Å². The number of likely N-dealkylation sites (tertiary alicyclic amines) is 1. The lowest BCUT2D eigenvalue weighted by Crippen LogP contribution is -2.39. The van der Waals surface area contributed by atoms with Gasteiger partial charge in [-0.15, -0.1) is 0 Å². The number of piperidine rings is 1. The topological polar surface area (TPSA) is 75.4 Å². The predicted molar refractivity (Wildman–Crippen MR) is 85.7 cm³/mol. The second-order valence-corrected chi connectivity index (χ2v) is 7.82. The molecule has 0 radical (unpaired) electrons. The van der Waals surface area contributed by atoms with Crippen LogP contribution in [0, 0.1) is 19.8 Å². The Kier molecular flexibility index (Phi) is 4.91. The van der Waals surface area contributed by atoms with E-state index in [1.807, 2.05) is 13.8 Å². The SMILES string of the molecule is Cc1cc(N)cc(S(=O)(=O)NCC2CCCN(C)C2)c1C. The Hall–Kier alpha value is -1.11. The van der Waals surface area contributed by atoms with E-state index in [0.29, 0.717) is 23.0 Å².